The summed E-state index contributed by atoms with van der Waals surface area (Å²) >= 11 is 0. The summed E-state index contributed by atoms with van der Waals surface area (Å²) in [5, 5.41) is 22.4. The van der Waals surface area contributed by atoms with Gasteiger partial charge in [0.25, 0.3) is 0 Å². The zero-order valence-electron chi connectivity index (χ0n) is 19.4. The molecule has 1 unspecified atom stereocenters. The number of carbonyl (C=O) groups excluding carboxylic acids is 1. The van der Waals surface area contributed by atoms with Crippen molar-refractivity contribution in [3.05, 3.63) is 77.9 Å². The van der Waals surface area contributed by atoms with Crippen LogP contribution < -0.4 is 10.0 Å². The third-order valence-electron chi connectivity index (χ3n) is 6.18. The van der Waals surface area contributed by atoms with Crippen molar-refractivity contribution in [1.29, 1.82) is 5.26 Å². The third kappa shape index (κ3) is 6.00. The monoisotopic (exact) mass is 506 g/mol. The molecule has 0 radical (unpaired) electrons. The predicted octanol–water partition coefficient (Wildman–Crippen LogP) is 2.86. The van der Waals surface area contributed by atoms with E-state index >= 15 is 0 Å². The van der Waals surface area contributed by atoms with E-state index in [1.807, 2.05) is 24.3 Å². The van der Waals surface area contributed by atoms with E-state index < -0.39 is 34.1 Å². The SMILES string of the molecule is N#Cc1cccc(CC(NS(=O)(=O)c2ccc3ccccc3c2)C(=O)N2CCC[C@@H](NC(=O)O)C2)c1. The van der Waals surface area contributed by atoms with Gasteiger partial charge >= 0.3 is 6.09 Å². The van der Waals surface area contributed by atoms with Crippen molar-refractivity contribution in [3.8, 4) is 6.07 Å². The number of nitriles is 1. The second-order valence-corrected chi connectivity index (χ2v) is 10.5. The van der Waals surface area contributed by atoms with Crippen LogP contribution in [-0.4, -0.2) is 55.6 Å². The van der Waals surface area contributed by atoms with Crippen LogP contribution in [0.25, 0.3) is 10.8 Å². The lowest BCUT2D eigenvalue weighted by Crippen LogP contribution is -2.55. The predicted molar refractivity (Wildman–Crippen MR) is 134 cm³/mol. The highest BCUT2D eigenvalue weighted by Crippen LogP contribution is 2.21. The maximum absolute atomic E-state index is 13.6. The van der Waals surface area contributed by atoms with Crippen molar-refractivity contribution >= 4 is 32.8 Å². The summed E-state index contributed by atoms with van der Waals surface area (Å²) < 4.78 is 29.3. The molecule has 3 aromatic rings. The number of nitrogens with one attached hydrogen (secondary N) is 2. The summed E-state index contributed by atoms with van der Waals surface area (Å²) in [4.78, 5) is 26.2. The van der Waals surface area contributed by atoms with Gasteiger partial charge in [-0.05, 0) is 59.9 Å². The number of carboxylic acid groups (broad SMARTS) is 1. The average molecular weight is 507 g/mol. The Kier molecular flexibility index (Phi) is 7.52. The van der Waals surface area contributed by atoms with E-state index in [1.165, 1.54) is 11.0 Å². The molecule has 1 aliphatic heterocycles. The van der Waals surface area contributed by atoms with Gasteiger partial charge in [-0.15, -0.1) is 0 Å². The van der Waals surface area contributed by atoms with Gasteiger partial charge in [-0.1, -0.05) is 42.5 Å². The van der Waals surface area contributed by atoms with Crippen molar-refractivity contribution in [1.82, 2.24) is 14.9 Å². The van der Waals surface area contributed by atoms with Gasteiger partial charge in [0.15, 0.2) is 0 Å². The normalized spacial score (nSPS) is 16.8. The molecule has 4 rings (SSSR count). The minimum atomic E-state index is -4.08. The fourth-order valence-electron chi connectivity index (χ4n) is 4.46. The van der Waals surface area contributed by atoms with E-state index in [2.05, 4.69) is 16.1 Å². The lowest BCUT2D eigenvalue weighted by molar-refractivity contribution is -0.134. The van der Waals surface area contributed by atoms with Crippen LogP contribution in [0.3, 0.4) is 0 Å². The van der Waals surface area contributed by atoms with Crippen LogP contribution in [-0.2, 0) is 21.2 Å². The van der Waals surface area contributed by atoms with Crippen LogP contribution in [0.4, 0.5) is 4.79 Å². The van der Waals surface area contributed by atoms with Gasteiger partial charge in [-0.25, -0.2) is 13.2 Å². The summed E-state index contributed by atoms with van der Waals surface area (Å²) in [6.45, 7) is 0.542. The minimum Gasteiger partial charge on any atom is -0.465 e. The van der Waals surface area contributed by atoms with Gasteiger partial charge in [-0.3, -0.25) is 4.79 Å². The van der Waals surface area contributed by atoms with Crippen molar-refractivity contribution in [3.63, 3.8) is 0 Å². The molecular weight excluding hydrogens is 480 g/mol. The fraction of sp³-hybridized carbons (Fsp3) is 0.269. The number of rotatable bonds is 7. The Morgan fingerprint density at radius 3 is 2.61 bits per heavy atom. The first-order valence-electron chi connectivity index (χ1n) is 11.5. The van der Waals surface area contributed by atoms with Gasteiger partial charge in [-0.2, -0.15) is 9.98 Å². The maximum atomic E-state index is 13.6. The van der Waals surface area contributed by atoms with E-state index in [1.54, 1.807) is 36.4 Å². The lowest BCUT2D eigenvalue weighted by atomic mass is 10.0. The fourth-order valence-corrected chi connectivity index (χ4v) is 5.69. The molecule has 9 nitrogen and oxygen atoms in total. The number of likely N-dealkylation sites (tertiary alicyclic amines) is 1. The highest BCUT2D eigenvalue weighted by molar-refractivity contribution is 7.89. The second kappa shape index (κ2) is 10.8. The summed E-state index contributed by atoms with van der Waals surface area (Å²) in [5.74, 6) is -0.446. The zero-order chi connectivity index (χ0) is 25.7. The van der Waals surface area contributed by atoms with Gasteiger partial charge in [0, 0.05) is 19.1 Å². The number of amides is 2. The van der Waals surface area contributed by atoms with E-state index in [9.17, 15) is 23.3 Å². The molecule has 1 aliphatic rings. The molecule has 10 heteroatoms. The summed E-state index contributed by atoms with van der Waals surface area (Å²) in [7, 11) is -4.08. The molecule has 0 bridgehead atoms. The molecule has 0 aliphatic carbocycles. The Morgan fingerprint density at radius 1 is 1.08 bits per heavy atom. The van der Waals surface area contributed by atoms with Crippen molar-refractivity contribution in [2.75, 3.05) is 13.1 Å². The molecular formula is C26H26N4O5S. The molecule has 186 valence electrons. The lowest BCUT2D eigenvalue weighted by Gasteiger charge is -2.35. The van der Waals surface area contributed by atoms with Gasteiger partial charge in [0.2, 0.25) is 15.9 Å². The Balaban J connectivity index is 1.63. The van der Waals surface area contributed by atoms with Crippen LogP contribution in [0, 0.1) is 11.3 Å². The number of hydrogen-bond acceptors (Lipinski definition) is 5. The topological polar surface area (TPSA) is 140 Å². The number of sulfonamides is 1. The quantitative estimate of drug-likeness (QED) is 0.450. The van der Waals surface area contributed by atoms with E-state index in [0.717, 1.165) is 10.8 Å². The third-order valence-corrected chi connectivity index (χ3v) is 7.65. The molecule has 0 spiro atoms. The van der Waals surface area contributed by atoms with Gasteiger partial charge in [0.1, 0.15) is 6.04 Å². The Morgan fingerprint density at radius 2 is 1.86 bits per heavy atom. The molecule has 1 fully saturated rings. The molecule has 2 atom stereocenters. The Bertz CT molecular complexity index is 1430. The van der Waals surface area contributed by atoms with E-state index in [-0.39, 0.29) is 17.9 Å². The molecule has 3 N–H and O–H groups in total. The molecule has 1 heterocycles. The molecule has 0 aromatic heterocycles. The summed E-state index contributed by atoms with van der Waals surface area (Å²) in [5.41, 5.74) is 1.03. The van der Waals surface area contributed by atoms with Crippen LogP contribution in [0.1, 0.15) is 24.0 Å². The summed E-state index contributed by atoms with van der Waals surface area (Å²) in [6.07, 6.45) is 0.0453. The van der Waals surface area contributed by atoms with E-state index in [0.29, 0.717) is 30.5 Å². The molecule has 1 saturated heterocycles. The maximum Gasteiger partial charge on any atom is 0.404 e. The van der Waals surface area contributed by atoms with Crippen LogP contribution in [0.5, 0.6) is 0 Å². The first-order chi connectivity index (χ1) is 17.2. The van der Waals surface area contributed by atoms with Crippen molar-refractivity contribution in [2.45, 2.75) is 36.2 Å². The van der Waals surface area contributed by atoms with Crippen LogP contribution in [0.15, 0.2) is 71.6 Å². The van der Waals surface area contributed by atoms with Crippen LogP contribution in [0.2, 0.25) is 0 Å². The molecule has 0 saturated carbocycles. The highest BCUT2D eigenvalue weighted by Gasteiger charge is 2.33. The second-order valence-electron chi connectivity index (χ2n) is 8.77. The molecule has 2 amide bonds. The van der Waals surface area contributed by atoms with Crippen LogP contribution >= 0.6 is 0 Å². The first kappa shape index (κ1) is 25.2. The molecule has 36 heavy (non-hydrogen) atoms. The number of piperidine rings is 1. The van der Waals surface area contributed by atoms with E-state index in [4.69, 9.17) is 5.11 Å². The largest absolute Gasteiger partial charge is 0.465 e. The first-order valence-corrected chi connectivity index (χ1v) is 13.0. The van der Waals surface area contributed by atoms with Gasteiger partial charge < -0.3 is 15.3 Å². The standard InChI is InChI=1S/C26H26N4O5S/c27-16-19-6-3-5-18(13-19)14-24(25(31)30-12-4-9-22(17-30)28-26(32)33)29-36(34,35)23-11-10-20-7-1-2-8-21(20)15-23/h1-3,5-8,10-11,13,15,22,24,28-29H,4,9,12,14,17H2,(H,32,33)/t22-,24?/m1/s1. The van der Waals surface area contributed by atoms with Gasteiger partial charge in [0.05, 0.1) is 16.5 Å². The number of hydrogen-bond donors (Lipinski definition) is 3. The number of benzene rings is 3. The van der Waals surface area contributed by atoms with Crippen molar-refractivity contribution in [2.24, 2.45) is 0 Å². The Labute approximate surface area is 209 Å². The number of fused-ring (bicyclic) bond motifs is 1. The smallest absolute Gasteiger partial charge is 0.404 e. The molecule has 3 aromatic carbocycles. The number of carbonyl (C=O) groups is 2. The number of nitrogens with zero attached hydrogens (tertiary/aromatic N) is 2. The van der Waals surface area contributed by atoms with Crippen molar-refractivity contribution < 1.29 is 23.1 Å². The average Bonchev–Trinajstić information content (AvgIpc) is 2.87. The summed E-state index contributed by atoms with van der Waals surface area (Å²) in [6, 6.07) is 19.3. The minimum absolute atomic E-state index is 0.0360. The zero-order valence-corrected chi connectivity index (χ0v) is 20.2. The highest BCUT2D eigenvalue weighted by atomic mass is 32.2. The Hall–Kier alpha value is -3.94.